The molecule has 0 bridgehead atoms. The second-order valence-corrected chi connectivity index (χ2v) is 1.79. The summed E-state index contributed by atoms with van der Waals surface area (Å²) in [5.74, 6) is 0.288. The van der Waals surface area contributed by atoms with Gasteiger partial charge in [0.15, 0.2) is 0 Å². The Bertz CT molecular complexity index is 183. The van der Waals surface area contributed by atoms with Crippen LogP contribution in [-0.4, -0.2) is 16.3 Å². The Morgan fingerprint density at radius 1 is 1.78 bits per heavy atom. The van der Waals surface area contributed by atoms with Crippen LogP contribution in [0.2, 0.25) is 0 Å². The van der Waals surface area contributed by atoms with Crippen molar-refractivity contribution < 1.29 is 5.11 Å². The van der Waals surface area contributed by atoms with Crippen LogP contribution in [0.3, 0.4) is 0 Å². The Hall–Kier alpha value is -1.12. The zero-order chi connectivity index (χ0) is 6.69. The summed E-state index contributed by atoms with van der Waals surface area (Å²) in [6.45, 7) is 2.85. The van der Waals surface area contributed by atoms with Gasteiger partial charge in [-0.1, -0.05) is 0 Å². The van der Waals surface area contributed by atoms with Crippen molar-refractivity contribution in [1.82, 2.24) is 4.68 Å². The highest BCUT2D eigenvalue weighted by Gasteiger charge is 1.88. The van der Waals surface area contributed by atoms with Crippen LogP contribution in [0, 0.1) is 0 Å². The molecule has 3 nitrogen and oxygen atoms in total. The van der Waals surface area contributed by atoms with E-state index in [1.807, 2.05) is 6.92 Å². The maximum atomic E-state index is 8.82. The topological polar surface area (TPSA) is 37.2 Å². The first-order valence-electron chi connectivity index (χ1n) is 2.93. The summed E-state index contributed by atoms with van der Waals surface area (Å²) in [6, 6.07) is 1.63. The van der Waals surface area contributed by atoms with Gasteiger partial charge >= 0.3 is 0 Å². The van der Waals surface area contributed by atoms with Gasteiger partial charge in [0.1, 0.15) is 5.75 Å². The molecule has 1 heterocycles. The highest BCUT2D eigenvalue weighted by atomic mass is 16.3. The van der Waals surface area contributed by atoms with E-state index in [0.717, 1.165) is 6.54 Å². The summed E-state index contributed by atoms with van der Waals surface area (Å²) in [5, 5.41) is 8.82. The molecule has 0 aliphatic heterocycles. The van der Waals surface area contributed by atoms with E-state index in [2.05, 4.69) is 5.43 Å². The first kappa shape index (κ1) is 6.01. The number of rotatable bonds is 2. The minimum absolute atomic E-state index is 0.288. The molecule has 0 aromatic carbocycles. The van der Waals surface area contributed by atoms with Crippen LogP contribution in [0.1, 0.15) is 6.92 Å². The Labute approximate surface area is 53.9 Å². The summed E-state index contributed by atoms with van der Waals surface area (Å²) >= 11 is 0. The van der Waals surface area contributed by atoms with Crippen LogP contribution in [-0.2, 0) is 0 Å². The van der Waals surface area contributed by atoms with Gasteiger partial charge in [-0.25, -0.2) is 0 Å². The number of hydrogen-bond donors (Lipinski definition) is 2. The molecule has 0 saturated heterocycles. The zero-order valence-electron chi connectivity index (χ0n) is 5.33. The lowest BCUT2D eigenvalue weighted by molar-refractivity contribution is 0.474. The summed E-state index contributed by atoms with van der Waals surface area (Å²) in [7, 11) is 0. The van der Waals surface area contributed by atoms with Gasteiger partial charge in [0, 0.05) is 12.7 Å². The minimum Gasteiger partial charge on any atom is -0.506 e. The molecule has 0 saturated carbocycles. The lowest BCUT2D eigenvalue weighted by Gasteiger charge is -2.00. The molecule has 0 amide bonds. The molecule has 1 rings (SSSR count). The van der Waals surface area contributed by atoms with E-state index in [1.54, 1.807) is 23.1 Å². The maximum Gasteiger partial charge on any atom is 0.135 e. The number of aromatic hydroxyl groups is 1. The van der Waals surface area contributed by atoms with Crippen LogP contribution >= 0.6 is 0 Å². The molecule has 0 aliphatic carbocycles. The van der Waals surface area contributed by atoms with Gasteiger partial charge in [-0.05, 0) is 13.0 Å². The lowest BCUT2D eigenvalue weighted by atomic mass is 10.6. The van der Waals surface area contributed by atoms with Crippen molar-refractivity contribution >= 4 is 0 Å². The van der Waals surface area contributed by atoms with E-state index in [0.29, 0.717) is 0 Å². The van der Waals surface area contributed by atoms with Crippen LogP contribution in [0.4, 0.5) is 0 Å². The molecule has 0 fully saturated rings. The van der Waals surface area contributed by atoms with Crippen molar-refractivity contribution in [3.63, 3.8) is 0 Å². The van der Waals surface area contributed by atoms with E-state index in [-0.39, 0.29) is 5.75 Å². The molecule has 0 aliphatic rings. The Balaban J connectivity index is 2.61. The van der Waals surface area contributed by atoms with E-state index in [9.17, 15) is 0 Å². The minimum atomic E-state index is 0.288. The molecular formula is C6H10N2O. The summed E-state index contributed by atoms with van der Waals surface area (Å²) in [4.78, 5) is 0. The fourth-order valence-electron chi connectivity index (χ4n) is 0.666. The molecule has 50 valence electrons. The third-order valence-electron chi connectivity index (χ3n) is 1.02. The number of hydrogen-bond acceptors (Lipinski definition) is 2. The van der Waals surface area contributed by atoms with Gasteiger partial charge in [-0.15, -0.1) is 0 Å². The smallest absolute Gasteiger partial charge is 0.135 e. The van der Waals surface area contributed by atoms with Gasteiger partial charge in [-0.3, -0.25) is 4.68 Å². The Kier molecular flexibility index (Phi) is 1.63. The van der Waals surface area contributed by atoms with E-state index in [1.165, 1.54) is 0 Å². The van der Waals surface area contributed by atoms with Gasteiger partial charge in [-0.2, -0.15) is 0 Å². The Morgan fingerprint density at radius 3 is 3.00 bits per heavy atom. The fourth-order valence-corrected chi connectivity index (χ4v) is 0.666. The normalized spacial score (nSPS) is 9.44. The second-order valence-electron chi connectivity index (χ2n) is 1.79. The van der Waals surface area contributed by atoms with Gasteiger partial charge in [0.05, 0.1) is 6.20 Å². The third kappa shape index (κ3) is 1.38. The van der Waals surface area contributed by atoms with Crippen LogP contribution in [0.25, 0.3) is 0 Å². The molecule has 1 aromatic rings. The SMILES string of the molecule is CCNn1ccc(O)c1. The van der Waals surface area contributed by atoms with Crippen molar-refractivity contribution in [3.05, 3.63) is 18.5 Å². The molecule has 0 spiro atoms. The molecule has 0 atom stereocenters. The predicted octanol–water partition coefficient (Wildman–Crippen LogP) is 0.757. The van der Waals surface area contributed by atoms with Crippen molar-refractivity contribution in [3.8, 4) is 5.75 Å². The molecule has 9 heavy (non-hydrogen) atoms. The highest BCUT2D eigenvalue weighted by molar-refractivity contribution is 5.15. The quantitative estimate of drug-likeness (QED) is 0.613. The first-order valence-corrected chi connectivity index (χ1v) is 2.93. The Morgan fingerprint density at radius 2 is 2.56 bits per heavy atom. The largest absolute Gasteiger partial charge is 0.506 e. The first-order chi connectivity index (χ1) is 4.33. The van der Waals surface area contributed by atoms with Crippen LogP contribution < -0.4 is 5.43 Å². The molecule has 3 heteroatoms. The van der Waals surface area contributed by atoms with Gasteiger partial charge in [0.25, 0.3) is 0 Å². The van der Waals surface area contributed by atoms with Crippen molar-refractivity contribution in [2.45, 2.75) is 6.92 Å². The predicted molar refractivity (Wildman–Crippen MR) is 36.0 cm³/mol. The summed E-state index contributed by atoms with van der Waals surface area (Å²) < 4.78 is 1.72. The van der Waals surface area contributed by atoms with E-state index < -0.39 is 0 Å². The number of nitrogens with zero attached hydrogens (tertiary/aromatic N) is 1. The average Bonchev–Trinajstić information content (AvgIpc) is 2.17. The molecule has 0 radical (unpaired) electrons. The lowest BCUT2D eigenvalue weighted by Crippen LogP contribution is -2.10. The molecular weight excluding hydrogens is 116 g/mol. The molecule has 0 unspecified atom stereocenters. The van der Waals surface area contributed by atoms with Crippen LogP contribution in [0.15, 0.2) is 18.5 Å². The fraction of sp³-hybridized carbons (Fsp3) is 0.333. The maximum absolute atomic E-state index is 8.82. The van der Waals surface area contributed by atoms with E-state index >= 15 is 0 Å². The summed E-state index contributed by atoms with van der Waals surface area (Å²) in [5.41, 5.74) is 2.99. The number of nitrogens with one attached hydrogen (secondary N) is 1. The monoisotopic (exact) mass is 126 g/mol. The zero-order valence-corrected chi connectivity index (χ0v) is 5.33. The van der Waals surface area contributed by atoms with Crippen LogP contribution in [0.5, 0.6) is 5.75 Å². The van der Waals surface area contributed by atoms with E-state index in [4.69, 9.17) is 5.11 Å². The van der Waals surface area contributed by atoms with Gasteiger partial charge < -0.3 is 10.5 Å². The highest BCUT2D eigenvalue weighted by Crippen LogP contribution is 2.04. The average molecular weight is 126 g/mol. The number of aromatic nitrogens is 1. The van der Waals surface area contributed by atoms with Crippen molar-refractivity contribution in [2.24, 2.45) is 0 Å². The molecule has 1 aromatic heterocycles. The summed E-state index contributed by atoms with van der Waals surface area (Å²) in [6.07, 6.45) is 3.38. The van der Waals surface area contributed by atoms with Crippen molar-refractivity contribution in [2.75, 3.05) is 12.0 Å². The second kappa shape index (κ2) is 2.44. The van der Waals surface area contributed by atoms with Crippen molar-refractivity contribution in [1.29, 1.82) is 0 Å². The van der Waals surface area contributed by atoms with Gasteiger partial charge in [0.2, 0.25) is 0 Å². The third-order valence-corrected chi connectivity index (χ3v) is 1.02. The standard InChI is InChI=1S/C6H10N2O/c1-2-7-8-4-3-6(9)5-8/h3-5,7,9H,2H2,1H3. The molecule has 2 N–H and O–H groups in total.